The number of hydrogen-bond donors (Lipinski definition) is 1. The van der Waals surface area contributed by atoms with E-state index in [0.29, 0.717) is 36.9 Å². The standard InChI is InChI=1S/C16H28O3Si/c1-11(2)9-19-16(18)14-8-13(10-20(4,5)6)12(3)7-15(14)17/h10-12,17H,7-9H2,1-6H3/b13-10-. The van der Waals surface area contributed by atoms with Crippen molar-refractivity contribution >= 4 is 14.0 Å². The Labute approximate surface area is 123 Å². The summed E-state index contributed by atoms with van der Waals surface area (Å²) in [5.41, 5.74) is 4.08. The van der Waals surface area contributed by atoms with Gasteiger partial charge in [-0.05, 0) is 11.8 Å². The van der Waals surface area contributed by atoms with Crippen molar-refractivity contribution in [3.05, 3.63) is 22.6 Å². The summed E-state index contributed by atoms with van der Waals surface area (Å²) in [6.07, 6.45) is 1.08. The quantitative estimate of drug-likeness (QED) is 0.624. The van der Waals surface area contributed by atoms with E-state index in [1.54, 1.807) is 0 Å². The minimum Gasteiger partial charge on any atom is -0.512 e. The lowest BCUT2D eigenvalue weighted by Gasteiger charge is -2.26. The minimum absolute atomic E-state index is 0.207. The second-order valence-corrected chi connectivity index (χ2v) is 12.3. The van der Waals surface area contributed by atoms with Crippen molar-refractivity contribution in [3.8, 4) is 0 Å². The topological polar surface area (TPSA) is 46.5 Å². The Balaban J connectivity index is 2.89. The summed E-state index contributed by atoms with van der Waals surface area (Å²) in [4.78, 5) is 12.1. The zero-order chi connectivity index (χ0) is 15.5. The van der Waals surface area contributed by atoms with Gasteiger partial charge in [-0.2, -0.15) is 0 Å². The number of aliphatic hydroxyl groups excluding tert-OH is 1. The van der Waals surface area contributed by atoms with E-state index in [1.807, 2.05) is 13.8 Å². The lowest BCUT2D eigenvalue weighted by Crippen LogP contribution is -2.23. The number of hydrogen-bond acceptors (Lipinski definition) is 3. The van der Waals surface area contributed by atoms with Gasteiger partial charge < -0.3 is 9.84 Å². The monoisotopic (exact) mass is 296 g/mol. The van der Waals surface area contributed by atoms with E-state index >= 15 is 0 Å². The van der Waals surface area contributed by atoms with E-state index in [0.717, 1.165) is 0 Å². The second-order valence-electron chi connectivity index (χ2n) is 7.28. The fourth-order valence-electron chi connectivity index (χ4n) is 2.29. The fourth-order valence-corrected chi connectivity index (χ4v) is 3.79. The number of ether oxygens (including phenoxy) is 1. The smallest absolute Gasteiger partial charge is 0.337 e. The van der Waals surface area contributed by atoms with Crippen LogP contribution in [0.3, 0.4) is 0 Å². The lowest BCUT2D eigenvalue weighted by molar-refractivity contribution is -0.140. The van der Waals surface area contributed by atoms with Gasteiger partial charge in [-0.25, -0.2) is 4.79 Å². The van der Waals surface area contributed by atoms with Gasteiger partial charge in [-0.15, -0.1) is 0 Å². The van der Waals surface area contributed by atoms with Crippen LogP contribution in [0.4, 0.5) is 0 Å². The summed E-state index contributed by atoms with van der Waals surface area (Å²) in [7, 11) is -1.33. The Morgan fingerprint density at radius 1 is 1.45 bits per heavy atom. The Bertz CT molecular complexity index is 427. The van der Waals surface area contributed by atoms with E-state index in [4.69, 9.17) is 4.74 Å². The maximum absolute atomic E-state index is 12.1. The molecule has 0 bridgehead atoms. The van der Waals surface area contributed by atoms with Gasteiger partial charge in [-0.3, -0.25) is 0 Å². The molecule has 3 nitrogen and oxygen atoms in total. The van der Waals surface area contributed by atoms with Crippen LogP contribution in [0.1, 0.15) is 33.6 Å². The highest BCUT2D eigenvalue weighted by molar-refractivity contribution is 6.81. The second kappa shape index (κ2) is 6.61. The Morgan fingerprint density at radius 2 is 2.05 bits per heavy atom. The third-order valence-electron chi connectivity index (χ3n) is 3.27. The van der Waals surface area contributed by atoms with Gasteiger partial charge in [0, 0.05) is 12.8 Å². The molecule has 1 rings (SSSR count). The summed E-state index contributed by atoms with van der Waals surface area (Å²) in [6, 6.07) is 0. The summed E-state index contributed by atoms with van der Waals surface area (Å²) < 4.78 is 5.25. The van der Waals surface area contributed by atoms with Gasteiger partial charge in [0.05, 0.1) is 20.3 Å². The zero-order valence-corrected chi connectivity index (χ0v) is 14.6. The fraction of sp³-hybridized carbons (Fsp3) is 0.688. The first-order valence-electron chi connectivity index (χ1n) is 7.40. The van der Waals surface area contributed by atoms with Gasteiger partial charge in [0.2, 0.25) is 0 Å². The van der Waals surface area contributed by atoms with Crippen LogP contribution in [-0.2, 0) is 9.53 Å². The molecule has 0 amide bonds. The van der Waals surface area contributed by atoms with E-state index < -0.39 is 8.07 Å². The molecule has 1 N–H and O–H groups in total. The van der Waals surface area contributed by atoms with Crippen LogP contribution in [-0.4, -0.2) is 25.8 Å². The van der Waals surface area contributed by atoms with E-state index in [1.165, 1.54) is 5.57 Å². The molecule has 1 atom stereocenters. The van der Waals surface area contributed by atoms with Gasteiger partial charge in [0.25, 0.3) is 0 Å². The normalized spacial score (nSPS) is 22.6. The van der Waals surface area contributed by atoms with Crippen molar-refractivity contribution in [2.75, 3.05) is 6.61 Å². The van der Waals surface area contributed by atoms with Crippen LogP contribution in [0.5, 0.6) is 0 Å². The molecule has 0 spiro atoms. The van der Waals surface area contributed by atoms with Crippen molar-refractivity contribution < 1.29 is 14.6 Å². The number of aliphatic hydroxyl groups is 1. The van der Waals surface area contributed by atoms with Crippen molar-refractivity contribution in [1.29, 1.82) is 0 Å². The largest absolute Gasteiger partial charge is 0.512 e. The first-order valence-corrected chi connectivity index (χ1v) is 11.0. The van der Waals surface area contributed by atoms with Gasteiger partial charge in [0.15, 0.2) is 0 Å². The average molecular weight is 296 g/mol. The van der Waals surface area contributed by atoms with Crippen LogP contribution < -0.4 is 0 Å². The van der Waals surface area contributed by atoms with Gasteiger partial charge in [-0.1, -0.05) is 51.7 Å². The Hall–Kier alpha value is -1.03. The number of carbonyl (C=O) groups excluding carboxylic acids is 1. The van der Waals surface area contributed by atoms with E-state index in [2.05, 4.69) is 32.3 Å². The molecule has 1 aliphatic carbocycles. The predicted molar refractivity (Wildman–Crippen MR) is 85.3 cm³/mol. The van der Waals surface area contributed by atoms with Crippen LogP contribution in [0, 0.1) is 11.8 Å². The number of allylic oxidation sites excluding steroid dienone is 2. The molecular formula is C16H28O3Si. The van der Waals surface area contributed by atoms with Crippen molar-refractivity contribution in [2.24, 2.45) is 11.8 Å². The van der Waals surface area contributed by atoms with E-state index in [-0.39, 0.29) is 11.7 Å². The molecule has 0 aliphatic heterocycles. The highest BCUT2D eigenvalue weighted by Crippen LogP contribution is 2.34. The van der Waals surface area contributed by atoms with Gasteiger partial charge in [0.1, 0.15) is 5.76 Å². The van der Waals surface area contributed by atoms with Crippen LogP contribution in [0.2, 0.25) is 19.6 Å². The number of esters is 1. The SMILES string of the molecule is CC(C)COC(=O)C1=C(O)CC(C)/C(=C\[Si](C)(C)C)C1. The van der Waals surface area contributed by atoms with Crippen molar-refractivity contribution in [2.45, 2.75) is 53.3 Å². The molecule has 20 heavy (non-hydrogen) atoms. The molecule has 0 heterocycles. The molecule has 0 aromatic rings. The average Bonchev–Trinajstić information content (AvgIpc) is 2.28. The first-order chi connectivity index (χ1) is 9.10. The lowest BCUT2D eigenvalue weighted by atomic mass is 9.85. The molecule has 0 fully saturated rings. The highest BCUT2D eigenvalue weighted by Gasteiger charge is 2.28. The first kappa shape index (κ1) is 17.0. The molecular weight excluding hydrogens is 268 g/mol. The van der Waals surface area contributed by atoms with Crippen LogP contribution in [0.25, 0.3) is 0 Å². The summed E-state index contributed by atoms with van der Waals surface area (Å²) >= 11 is 0. The maximum atomic E-state index is 12.1. The Morgan fingerprint density at radius 3 is 2.55 bits per heavy atom. The molecule has 0 aromatic heterocycles. The number of carbonyl (C=O) groups is 1. The van der Waals surface area contributed by atoms with Gasteiger partial charge >= 0.3 is 5.97 Å². The molecule has 0 aromatic carbocycles. The van der Waals surface area contributed by atoms with Crippen molar-refractivity contribution in [1.82, 2.24) is 0 Å². The number of rotatable bonds is 4. The molecule has 4 heteroatoms. The van der Waals surface area contributed by atoms with Crippen LogP contribution >= 0.6 is 0 Å². The Kier molecular flexibility index (Phi) is 5.63. The minimum atomic E-state index is -1.33. The highest BCUT2D eigenvalue weighted by atomic mass is 28.3. The van der Waals surface area contributed by atoms with Crippen molar-refractivity contribution in [3.63, 3.8) is 0 Å². The molecule has 0 saturated heterocycles. The van der Waals surface area contributed by atoms with E-state index in [9.17, 15) is 9.90 Å². The predicted octanol–water partition coefficient (Wildman–Crippen LogP) is 4.23. The molecule has 1 unspecified atom stereocenters. The molecule has 114 valence electrons. The third kappa shape index (κ3) is 5.16. The molecule has 1 aliphatic rings. The molecule has 0 radical (unpaired) electrons. The maximum Gasteiger partial charge on any atom is 0.337 e. The molecule has 0 saturated carbocycles. The summed E-state index contributed by atoms with van der Waals surface area (Å²) in [5, 5.41) is 10.1. The van der Waals surface area contributed by atoms with Crippen LogP contribution in [0.15, 0.2) is 22.6 Å². The third-order valence-corrected chi connectivity index (χ3v) is 4.51. The summed E-state index contributed by atoms with van der Waals surface area (Å²) in [5.74, 6) is 0.466. The summed E-state index contributed by atoms with van der Waals surface area (Å²) in [6.45, 7) is 13.4. The zero-order valence-electron chi connectivity index (χ0n) is 13.6.